The number of H-pyrrole nitrogens is 2. The Morgan fingerprint density at radius 1 is 1.00 bits per heavy atom. The molecule has 4 aromatic heterocycles. The molecule has 0 amide bonds. The molecule has 2 fully saturated rings. The van der Waals surface area contributed by atoms with Gasteiger partial charge >= 0.3 is 0 Å². The first-order valence-corrected chi connectivity index (χ1v) is 14.6. The number of hydrogen-bond donors (Lipinski definition) is 4. The van der Waals surface area contributed by atoms with E-state index in [2.05, 4.69) is 90.5 Å². The van der Waals surface area contributed by atoms with Crippen LogP contribution < -0.4 is 15.5 Å². The summed E-state index contributed by atoms with van der Waals surface area (Å²) in [4.78, 5) is 17.5. The lowest BCUT2D eigenvalue weighted by Gasteiger charge is -2.34. The highest BCUT2D eigenvalue weighted by Crippen LogP contribution is 2.35. The number of aromatic amines is 2. The van der Waals surface area contributed by atoms with Gasteiger partial charge in [0.25, 0.3) is 0 Å². The molecule has 4 N–H and O–H groups in total. The lowest BCUT2D eigenvalue weighted by atomic mass is 9.93. The predicted molar refractivity (Wildman–Crippen MR) is 167 cm³/mol. The van der Waals surface area contributed by atoms with E-state index in [-0.39, 0.29) is 0 Å². The highest BCUT2D eigenvalue weighted by Gasteiger charge is 2.20. The molecule has 9 nitrogen and oxygen atoms in total. The number of pyridine rings is 2. The summed E-state index contributed by atoms with van der Waals surface area (Å²) in [6, 6.07) is 12.9. The third-order valence-electron chi connectivity index (χ3n) is 8.56. The Morgan fingerprint density at radius 3 is 2.71 bits per heavy atom. The van der Waals surface area contributed by atoms with Gasteiger partial charge in [-0.2, -0.15) is 5.10 Å². The second kappa shape index (κ2) is 11.0. The third kappa shape index (κ3) is 5.30. The van der Waals surface area contributed by atoms with Crippen molar-refractivity contribution in [1.82, 2.24) is 35.4 Å². The van der Waals surface area contributed by atoms with Crippen LogP contribution >= 0.6 is 0 Å². The zero-order chi connectivity index (χ0) is 27.8. The van der Waals surface area contributed by atoms with Gasteiger partial charge in [-0.15, -0.1) is 0 Å². The average Bonchev–Trinajstić information content (AvgIpc) is 3.62. The van der Waals surface area contributed by atoms with E-state index in [0.29, 0.717) is 5.92 Å². The number of piperazine rings is 1. The first-order valence-electron chi connectivity index (χ1n) is 14.6. The molecular formula is C32H37N9. The van der Waals surface area contributed by atoms with Crippen LogP contribution in [0.3, 0.4) is 0 Å². The molecule has 0 saturated carbocycles. The number of anilines is 2. The third-order valence-corrected chi connectivity index (χ3v) is 8.56. The lowest BCUT2D eigenvalue weighted by molar-refractivity contribution is 0.313. The summed E-state index contributed by atoms with van der Waals surface area (Å²) in [6.45, 7) is 10.6. The lowest BCUT2D eigenvalue weighted by Crippen LogP contribution is -2.44. The number of aromatic nitrogens is 5. The average molecular weight is 548 g/mol. The van der Waals surface area contributed by atoms with Gasteiger partial charge in [-0.3, -0.25) is 10.1 Å². The minimum atomic E-state index is 0.687. The van der Waals surface area contributed by atoms with E-state index in [9.17, 15) is 0 Å². The number of benzene rings is 1. The second-order valence-electron chi connectivity index (χ2n) is 11.5. The summed E-state index contributed by atoms with van der Waals surface area (Å²) < 4.78 is 0. The van der Waals surface area contributed by atoms with Crippen LogP contribution in [0.25, 0.3) is 44.5 Å². The van der Waals surface area contributed by atoms with Crippen LogP contribution in [0.15, 0.2) is 67.3 Å². The van der Waals surface area contributed by atoms with Crippen LogP contribution in [0.1, 0.15) is 19.3 Å². The molecule has 0 aliphatic carbocycles. The molecule has 2 saturated heterocycles. The molecule has 0 spiro atoms. The van der Waals surface area contributed by atoms with E-state index < -0.39 is 0 Å². The van der Waals surface area contributed by atoms with E-state index in [4.69, 9.17) is 5.10 Å². The van der Waals surface area contributed by atoms with Gasteiger partial charge in [-0.25, -0.2) is 4.98 Å². The Morgan fingerprint density at radius 2 is 1.85 bits per heavy atom. The molecule has 9 heteroatoms. The molecule has 1 aromatic carbocycles. The SMILES string of the molecule is C=C(CC1CCNCC1)Nc1cncc(-c2ccc3[nH]nc(-c4cc5c(N6CCN(C)CC6)ccnc5[nH]4)c3c2)c1. The summed E-state index contributed by atoms with van der Waals surface area (Å²) in [7, 11) is 2.18. The van der Waals surface area contributed by atoms with E-state index in [1.54, 1.807) is 0 Å². The molecule has 2 aliphatic rings. The molecule has 6 heterocycles. The number of allylic oxidation sites excluding steroid dienone is 1. The standard InChI is InChI=1S/C32H37N9/c1-21(15-22-5-8-33-9-6-22)36-25-16-24(19-34-20-25)23-3-4-28-26(17-23)31(39-38-28)29-18-27-30(7-10-35-32(27)37-29)41-13-11-40(2)12-14-41/h3-4,7,10,16-20,22,33,36H,1,5-6,8-9,11-15H2,2H3,(H,35,37)(H,38,39). The van der Waals surface area contributed by atoms with E-state index in [1.165, 1.54) is 18.5 Å². The number of fused-ring (bicyclic) bond motifs is 2. The molecule has 0 unspecified atom stereocenters. The molecule has 0 radical (unpaired) electrons. The quantitative estimate of drug-likeness (QED) is 0.221. The largest absolute Gasteiger partial charge is 0.368 e. The fraction of sp³-hybridized carbons (Fsp3) is 0.344. The van der Waals surface area contributed by atoms with Crippen molar-refractivity contribution in [3.63, 3.8) is 0 Å². The van der Waals surface area contributed by atoms with Crippen LogP contribution in [0.5, 0.6) is 0 Å². The Hall–Kier alpha value is -4.21. The van der Waals surface area contributed by atoms with Crippen LogP contribution in [-0.2, 0) is 0 Å². The van der Waals surface area contributed by atoms with Crippen LogP contribution in [-0.4, -0.2) is 76.4 Å². The monoisotopic (exact) mass is 547 g/mol. The normalized spacial score (nSPS) is 17.0. The van der Waals surface area contributed by atoms with Crippen molar-refractivity contribution in [2.24, 2.45) is 5.92 Å². The number of rotatable bonds is 7. The van der Waals surface area contributed by atoms with Gasteiger partial charge in [-0.05, 0) is 81.2 Å². The maximum atomic E-state index is 4.71. The van der Waals surface area contributed by atoms with Crippen molar-refractivity contribution in [2.45, 2.75) is 19.3 Å². The topological polar surface area (TPSA) is 101 Å². The summed E-state index contributed by atoms with van der Waals surface area (Å²) in [5.74, 6) is 0.687. The Bertz CT molecular complexity index is 1690. The summed E-state index contributed by atoms with van der Waals surface area (Å²) >= 11 is 0. The predicted octanol–water partition coefficient (Wildman–Crippen LogP) is 5.24. The molecule has 5 aromatic rings. The van der Waals surface area contributed by atoms with Crippen LogP contribution in [0.4, 0.5) is 11.4 Å². The fourth-order valence-corrected chi connectivity index (χ4v) is 6.22. The van der Waals surface area contributed by atoms with Crippen molar-refractivity contribution < 1.29 is 0 Å². The zero-order valence-corrected chi connectivity index (χ0v) is 23.6. The van der Waals surface area contributed by atoms with Crippen molar-refractivity contribution in [3.8, 4) is 22.5 Å². The highest BCUT2D eigenvalue weighted by atomic mass is 15.2. The summed E-state index contributed by atoms with van der Waals surface area (Å²) in [6.07, 6.45) is 9.08. The number of nitrogens with zero attached hydrogens (tertiary/aromatic N) is 5. The molecule has 0 bridgehead atoms. The molecule has 2 aliphatic heterocycles. The number of likely N-dealkylation sites (N-methyl/N-ethyl adjacent to an activating group) is 1. The van der Waals surface area contributed by atoms with Crippen molar-refractivity contribution in [1.29, 1.82) is 0 Å². The minimum Gasteiger partial charge on any atom is -0.368 e. The summed E-state index contributed by atoms with van der Waals surface area (Å²) in [5.41, 5.74) is 9.11. The van der Waals surface area contributed by atoms with Gasteiger partial charge in [0, 0.05) is 66.3 Å². The van der Waals surface area contributed by atoms with Crippen LogP contribution in [0.2, 0.25) is 0 Å². The minimum absolute atomic E-state index is 0.687. The number of nitrogens with one attached hydrogen (secondary N) is 4. The van der Waals surface area contributed by atoms with Gasteiger partial charge in [0.1, 0.15) is 11.3 Å². The van der Waals surface area contributed by atoms with E-state index in [1.807, 2.05) is 18.6 Å². The van der Waals surface area contributed by atoms with E-state index in [0.717, 1.165) is 102 Å². The van der Waals surface area contributed by atoms with Gasteiger partial charge in [-0.1, -0.05) is 12.6 Å². The van der Waals surface area contributed by atoms with Gasteiger partial charge in [0.2, 0.25) is 0 Å². The highest BCUT2D eigenvalue weighted by molar-refractivity contribution is 5.99. The van der Waals surface area contributed by atoms with Crippen molar-refractivity contribution in [3.05, 3.63) is 67.3 Å². The van der Waals surface area contributed by atoms with E-state index >= 15 is 0 Å². The number of piperidine rings is 1. The first-order chi connectivity index (χ1) is 20.1. The Balaban J connectivity index is 1.16. The van der Waals surface area contributed by atoms with Gasteiger partial charge < -0.3 is 25.4 Å². The van der Waals surface area contributed by atoms with Gasteiger partial charge in [0.05, 0.1) is 23.1 Å². The molecule has 210 valence electrons. The molecular weight excluding hydrogens is 510 g/mol. The number of hydrogen-bond acceptors (Lipinski definition) is 7. The second-order valence-corrected chi connectivity index (χ2v) is 11.5. The Kier molecular flexibility index (Phi) is 6.90. The summed E-state index contributed by atoms with van der Waals surface area (Å²) in [5, 5.41) is 17.1. The molecule has 41 heavy (non-hydrogen) atoms. The van der Waals surface area contributed by atoms with Gasteiger partial charge in [0.15, 0.2) is 0 Å². The smallest absolute Gasteiger partial charge is 0.139 e. The van der Waals surface area contributed by atoms with Crippen molar-refractivity contribution >= 4 is 33.3 Å². The maximum absolute atomic E-state index is 4.71. The zero-order valence-electron chi connectivity index (χ0n) is 23.6. The molecule has 0 atom stereocenters. The van der Waals surface area contributed by atoms with Crippen molar-refractivity contribution in [2.75, 3.05) is 56.5 Å². The maximum Gasteiger partial charge on any atom is 0.139 e. The Labute approximate surface area is 240 Å². The van der Waals surface area contributed by atoms with Crippen LogP contribution in [0, 0.1) is 5.92 Å². The fourth-order valence-electron chi connectivity index (χ4n) is 6.22. The first kappa shape index (κ1) is 25.7. The molecule has 7 rings (SSSR count).